The van der Waals surface area contributed by atoms with E-state index in [2.05, 4.69) is 39.0 Å². The molecule has 0 radical (unpaired) electrons. The van der Waals surface area contributed by atoms with Crippen molar-refractivity contribution in [1.29, 1.82) is 0 Å². The van der Waals surface area contributed by atoms with E-state index in [1.165, 1.54) is 5.57 Å². The van der Waals surface area contributed by atoms with Crippen molar-refractivity contribution in [2.75, 3.05) is 0 Å². The minimum atomic E-state index is 0. The molecule has 0 aromatic heterocycles. The predicted molar refractivity (Wildman–Crippen MR) is 40.0 cm³/mol. The summed E-state index contributed by atoms with van der Waals surface area (Å²) in [4.78, 5) is 0. The maximum atomic E-state index is 3.30. The largest absolute Gasteiger partial charge is 0.269 e. The van der Waals surface area contributed by atoms with E-state index in [-0.39, 0.29) is 21.7 Å². The first-order valence-electron chi connectivity index (χ1n) is 3.38. The van der Waals surface area contributed by atoms with Gasteiger partial charge in [-0.2, -0.15) is 6.08 Å². The van der Waals surface area contributed by atoms with Crippen LogP contribution in [0.1, 0.15) is 27.2 Å². The molecule has 1 rings (SSSR count). The van der Waals surface area contributed by atoms with Gasteiger partial charge >= 0.3 is 0 Å². The van der Waals surface area contributed by atoms with Crippen molar-refractivity contribution in [3.63, 3.8) is 0 Å². The molecule has 0 fully saturated rings. The second kappa shape index (κ2) is 3.55. The van der Waals surface area contributed by atoms with E-state index in [1.54, 1.807) is 0 Å². The Labute approximate surface area is 78.3 Å². The van der Waals surface area contributed by atoms with Crippen molar-refractivity contribution in [2.24, 2.45) is 5.41 Å². The fraction of sp³-hybridized carbons (Fsp3) is 0.556. The summed E-state index contributed by atoms with van der Waals surface area (Å²) in [6.45, 7) is 6.64. The average molecular weight is 169 g/mol. The Balaban J connectivity index is 0.000000810. The Kier molecular flexibility index (Phi) is 3.62. The van der Waals surface area contributed by atoms with E-state index in [9.17, 15) is 0 Å². The first kappa shape index (κ1) is 10.2. The van der Waals surface area contributed by atoms with Crippen LogP contribution in [0.3, 0.4) is 0 Å². The maximum absolute atomic E-state index is 3.30. The van der Waals surface area contributed by atoms with Gasteiger partial charge in [-0.25, -0.2) is 11.6 Å². The van der Waals surface area contributed by atoms with Gasteiger partial charge in [0.25, 0.3) is 0 Å². The molecule has 0 bridgehead atoms. The first-order valence-corrected chi connectivity index (χ1v) is 3.38. The molecule has 0 heterocycles. The molecule has 0 nitrogen and oxygen atoms in total. The van der Waals surface area contributed by atoms with Crippen molar-refractivity contribution in [3.8, 4) is 0 Å². The molecule has 0 N–H and O–H groups in total. The van der Waals surface area contributed by atoms with Crippen molar-refractivity contribution in [1.82, 2.24) is 0 Å². The summed E-state index contributed by atoms with van der Waals surface area (Å²) in [6, 6.07) is 0. The molecule has 1 aliphatic rings. The van der Waals surface area contributed by atoms with Gasteiger partial charge < -0.3 is 0 Å². The van der Waals surface area contributed by atoms with Gasteiger partial charge in [-0.3, -0.25) is 6.08 Å². The van der Waals surface area contributed by atoms with Crippen LogP contribution in [0.15, 0.2) is 17.7 Å². The molecule has 0 saturated carbocycles. The predicted octanol–water partition coefficient (Wildman–Crippen LogP) is 2.72. The summed E-state index contributed by atoms with van der Waals surface area (Å²) in [5, 5.41) is 0. The van der Waals surface area contributed by atoms with Gasteiger partial charge in [0.05, 0.1) is 0 Å². The van der Waals surface area contributed by atoms with Crippen LogP contribution in [-0.4, -0.2) is 0 Å². The van der Waals surface area contributed by atoms with Crippen LogP contribution in [0.2, 0.25) is 0 Å². The van der Waals surface area contributed by atoms with Gasteiger partial charge in [-0.15, -0.1) is 6.42 Å². The Morgan fingerprint density at radius 2 is 2.00 bits per heavy atom. The van der Waals surface area contributed by atoms with E-state index >= 15 is 0 Å². The second-order valence-electron chi connectivity index (χ2n) is 3.45. The molecule has 1 heteroatoms. The third-order valence-electron chi connectivity index (χ3n) is 1.50. The van der Waals surface area contributed by atoms with Gasteiger partial charge in [0.1, 0.15) is 0 Å². The third-order valence-corrected chi connectivity index (χ3v) is 1.50. The molecule has 0 aromatic carbocycles. The number of hydrogen-bond donors (Lipinski definition) is 0. The van der Waals surface area contributed by atoms with Crippen LogP contribution in [0.25, 0.3) is 0 Å². The number of rotatable bonds is 0. The Hall–Kier alpha value is 0.194. The van der Waals surface area contributed by atoms with Gasteiger partial charge in [0.15, 0.2) is 0 Å². The number of allylic oxidation sites excluding steroid dienone is 4. The van der Waals surface area contributed by atoms with Crippen LogP contribution in [0, 0.1) is 11.5 Å². The minimum absolute atomic E-state index is 0. The monoisotopic (exact) mass is 169 g/mol. The molecule has 1 aliphatic carbocycles. The molecular formula is C9H13Ti-. The fourth-order valence-corrected chi connectivity index (χ4v) is 0.920. The maximum Gasteiger partial charge on any atom is 0 e. The molecule has 0 saturated heterocycles. The molecule has 0 amide bonds. The zero-order valence-corrected chi connectivity index (χ0v) is 8.42. The van der Waals surface area contributed by atoms with Crippen LogP contribution < -0.4 is 0 Å². The van der Waals surface area contributed by atoms with Crippen molar-refractivity contribution < 1.29 is 21.7 Å². The zero-order chi connectivity index (χ0) is 6.91. The summed E-state index contributed by atoms with van der Waals surface area (Å²) < 4.78 is 0. The smallest absolute Gasteiger partial charge is 0 e. The molecule has 0 atom stereocenters. The average Bonchev–Trinajstić information content (AvgIpc) is 2.08. The standard InChI is InChI=1S/C9H13.Ti/c1-9(2,3)8-6-4-5-7-8;/h4,6H,5H2,1-3H3;/q-1;. The minimum Gasteiger partial charge on any atom is -0.269 e. The third kappa shape index (κ3) is 2.44. The number of hydrogen-bond acceptors (Lipinski definition) is 0. The fourth-order valence-electron chi connectivity index (χ4n) is 0.920. The van der Waals surface area contributed by atoms with Crippen molar-refractivity contribution in [3.05, 3.63) is 23.8 Å². The SMILES string of the molecule is CC(C)(C)C1=[C-]CC=C1.[Ti]. The van der Waals surface area contributed by atoms with Crippen molar-refractivity contribution in [2.45, 2.75) is 27.2 Å². The summed E-state index contributed by atoms with van der Waals surface area (Å²) in [7, 11) is 0. The van der Waals surface area contributed by atoms with E-state index in [0.717, 1.165) is 6.42 Å². The molecular weight excluding hydrogens is 156 g/mol. The van der Waals surface area contributed by atoms with E-state index in [1.807, 2.05) is 0 Å². The van der Waals surface area contributed by atoms with Gasteiger partial charge in [0, 0.05) is 21.7 Å². The van der Waals surface area contributed by atoms with Gasteiger partial charge in [0.2, 0.25) is 0 Å². The van der Waals surface area contributed by atoms with Crippen LogP contribution in [-0.2, 0) is 21.7 Å². The van der Waals surface area contributed by atoms with E-state index < -0.39 is 0 Å². The summed E-state index contributed by atoms with van der Waals surface area (Å²) >= 11 is 0. The molecule has 0 spiro atoms. The summed E-state index contributed by atoms with van der Waals surface area (Å²) in [5.74, 6) is 0. The second-order valence-corrected chi connectivity index (χ2v) is 3.45. The van der Waals surface area contributed by atoms with Crippen LogP contribution in [0.5, 0.6) is 0 Å². The summed E-state index contributed by atoms with van der Waals surface area (Å²) in [5.41, 5.74) is 1.65. The zero-order valence-electron chi connectivity index (χ0n) is 6.86. The van der Waals surface area contributed by atoms with E-state index in [0.29, 0.717) is 5.41 Å². The molecule has 0 unspecified atom stereocenters. The van der Waals surface area contributed by atoms with E-state index in [4.69, 9.17) is 0 Å². The Morgan fingerprint density at radius 3 is 2.20 bits per heavy atom. The van der Waals surface area contributed by atoms with Crippen molar-refractivity contribution >= 4 is 0 Å². The summed E-state index contributed by atoms with van der Waals surface area (Å²) in [6.07, 6.45) is 8.63. The topological polar surface area (TPSA) is 0 Å². The molecule has 0 aromatic rings. The normalized spacial score (nSPS) is 16.5. The van der Waals surface area contributed by atoms with Crippen LogP contribution in [0.4, 0.5) is 0 Å². The van der Waals surface area contributed by atoms with Crippen LogP contribution >= 0.6 is 0 Å². The Morgan fingerprint density at radius 1 is 1.40 bits per heavy atom. The van der Waals surface area contributed by atoms with Gasteiger partial charge in [-0.1, -0.05) is 20.8 Å². The molecule has 10 heavy (non-hydrogen) atoms. The first-order chi connectivity index (χ1) is 4.11. The Bertz CT molecular complexity index is 158. The molecule has 0 aliphatic heterocycles. The van der Waals surface area contributed by atoms with Gasteiger partial charge in [-0.05, 0) is 5.41 Å². The quantitative estimate of drug-likeness (QED) is 0.386. The molecule has 54 valence electrons.